The summed E-state index contributed by atoms with van der Waals surface area (Å²) in [6.07, 6.45) is -0.658. The number of esters is 1. The Hall–Kier alpha value is -2.04. The van der Waals surface area contributed by atoms with E-state index in [0.717, 1.165) is 5.56 Å². The number of nitrogens with one attached hydrogen (secondary N) is 1. The molecule has 21 heavy (non-hydrogen) atoms. The minimum atomic E-state index is -1.15. The zero-order chi connectivity index (χ0) is 16.1. The summed E-state index contributed by atoms with van der Waals surface area (Å²) in [4.78, 5) is 23.8. The summed E-state index contributed by atoms with van der Waals surface area (Å²) in [5, 5.41) is 2.51. The van der Waals surface area contributed by atoms with Gasteiger partial charge in [-0.25, -0.2) is 9.59 Å². The van der Waals surface area contributed by atoms with Gasteiger partial charge >= 0.3 is 12.1 Å². The maximum atomic E-state index is 12.0. The van der Waals surface area contributed by atoms with Crippen molar-refractivity contribution in [3.8, 4) is 0 Å². The molecule has 1 N–H and O–H groups in total. The second-order valence-corrected chi connectivity index (χ2v) is 6.31. The molecule has 0 fully saturated rings. The third-order valence-electron chi connectivity index (χ3n) is 2.54. The van der Waals surface area contributed by atoms with Gasteiger partial charge in [0.05, 0.1) is 0 Å². The van der Waals surface area contributed by atoms with Crippen molar-refractivity contribution >= 4 is 12.1 Å². The van der Waals surface area contributed by atoms with Gasteiger partial charge in [0.2, 0.25) is 0 Å². The Kier molecular flexibility index (Phi) is 5.35. The van der Waals surface area contributed by atoms with E-state index in [0.29, 0.717) is 0 Å². The molecule has 1 rings (SSSR count). The van der Waals surface area contributed by atoms with E-state index in [1.165, 1.54) is 0 Å². The molecule has 1 aromatic rings. The Bertz CT molecular complexity index is 489. The fraction of sp³-hybridized carbons (Fsp3) is 0.500. The second-order valence-electron chi connectivity index (χ2n) is 6.31. The molecule has 0 aliphatic heterocycles. The van der Waals surface area contributed by atoms with Crippen LogP contribution in [-0.4, -0.2) is 23.2 Å². The van der Waals surface area contributed by atoms with Crippen molar-refractivity contribution in [2.75, 3.05) is 0 Å². The average Bonchev–Trinajstić information content (AvgIpc) is 2.35. The summed E-state index contributed by atoms with van der Waals surface area (Å²) >= 11 is 0. The van der Waals surface area contributed by atoms with Crippen LogP contribution in [0.15, 0.2) is 30.3 Å². The summed E-state index contributed by atoms with van der Waals surface area (Å²) in [6.45, 7) is 8.62. The molecule has 0 aliphatic carbocycles. The summed E-state index contributed by atoms with van der Waals surface area (Å²) in [7, 11) is 0. The number of ether oxygens (including phenoxy) is 2. The van der Waals surface area contributed by atoms with Crippen LogP contribution in [0.2, 0.25) is 0 Å². The van der Waals surface area contributed by atoms with E-state index in [9.17, 15) is 9.59 Å². The molecule has 0 saturated carbocycles. The molecule has 1 aromatic carbocycles. The lowest BCUT2D eigenvalue weighted by molar-refractivity contribution is -0.161. The van der Waals surface area contributed by atoms with E-state index in [1.807, 2.05) is 30.3 Å². The molecule has 1 amide bonds. The lowest BCUT2D eigenvalue weighted by atomic mass is 10.1. The number of amides is 1. The predicted octanol–water partition coefficient (Wildman–Crippen LogP) is 3.03. The fourth-order valence-corrected chi connectivity index (χ4v) is 1.47. The average molecular weight is 293 g/mol. The highest BCUT2D eigenvalue weighted by Gasteiger charge is 2.34. The number of carbonyl (C=O) groups excluding carboxylic acids is 2. The first-order valence-corrected chi connectivity index (χ1v) is 6.82. The van der Waals surface area contributed by atoms with Crippen LogP contribution in [-0.2, 0) is 20.9 Å². The number of hydrogen-bond acceptors (Lipinski definition) is 4. The standard InChI is InChI=1S/C16H23NO4/c1-15(2,3)21-13(18)16(4,5)17-14(19)20-11-12-9-7-6-8-10-12/h6-10H,11H2,1-5H3,(H,17,19). The smallest absolute Gasteiger partial charge is 0.408 e. The van der Waals surface area contributed by atoms with E-state index in [4.69, 9.17) is 9.47 Å². The van der Waals surface area contributed by atoms with Crippen LogP contribution in [0.4, 0.5) is 4.79 Å². The van der Waals surface area contributed by atoms with E-state index in [-0.39, 0.29) is 6.61 Å². The Labute approximate surface area is 125 Å². The predicted molar refractivity (Wildman–Crippen MR) is 79.7 cm³/mol. The first kappa shape index (κ1) is 17.0. The molecule has 0 spiro atoms. The lowest BCUT2D eigenvalue weighted by Gasteiger charge is -2.28. The third-order valence-corrected chi connectivity index (χ3v) is 2.54. The topological polar surface area (TPSA) is 64.6 Å². The second kappa shape index (κ2) is 6.61. The summed E-state index contributed by atoms with van der Waals surface area (Å²) in [6, 6.07) is 9.32. The molecule has 116 valence electrons. The van der Waals surface area contributed by atoms with Gasteiger partial charge in [-0.05, 0) is 40.2 Å². The Balaban J connectivity index is 2.50. The zero-order valence-electron chi connectivity index (χ0n) is 13.2. The van der Waals surface area contributed by atoms with Gasteiger partial charge in [-0.3, -0.25) is 0 Å². The van der Waals surface area contributed by atoms with Gasteiger partial charge in [-0.2, -0.15) is 0 Å². The van der Waals surface area contributed by atoms with Crippen molar-refractivity contribution in [1.82, 2.24) is 5.32 Å². The Morgan fingerprint density at radius 2 is 1.62 bits per heavy atom. The normalized spacial score (nSPS) is 11.7. The molecule has 0 saturated heterocycles. The SMILES string of the molecule is CC(C)(C)OC(=O)C(C)(C)NC(=O)OCc1ccccc1. The minimum Gasteiger partial charge on any atom is -0.458 e. The van der Waals surface area contributed by atoms with Crippen molar-refractivity contribution in [3.05, 3.63) is 35.9 Å². The van der Waals surface area contributed by atoms with Crippen LogP contribution in [0, 0.1) is 0 Å². The van der Waals surface area contributed by atoms with Gasteiger partial charge in [0.1, 0.15) is 17.7 Å². The molecule has 0 aromatic heterocycles. The Morgan fingerprint density at radius 3 is 2.14 bits per heavy atom. The molecule has 0 atom stereocenters. The van der Waals surface area contributed by atoms with Crippen molar-refractivity contribution in [3.63, 3.8) is 0 Å². The van der Waals surface area contributed by atoms with Gasteiger partial charge < -0.3 is 14.8 Å². The number of rotatable bonds is 4. The van der Waals surface area contributed by atoms with Gasteiger partial charge in [0, 0.05) is 0 Å². The molecule has 5 nitrogen and oxygen atoms in total. The molecule has 0 aliphatic rings. The molecule has 0 radical (unpaired) electrons. The number of alkyl carbamates (subject to hydrolysis) is 1. The van der Waals surface area contributed by atoms with Crippen molar-refractivity contribution in [2.45, 2.75) is 52.4 Å². The maximum absolute atomic E-state index is 12.0. The van der Waals surface area contributed by atoms with Crippen LogP contribution in [0.3, 0.4) is 0 Å². The van der Waals surface area contributed by atoms with Gasteiger partial charge in [-0.1, -0.05) is 30.3 Å². The highest BCUT2D eigenvalue weighted by Crippen LogP contribution is 2.14. The first-order valence-electron chi connectivity index (χ1n) is 6.82. The van der Waals surface area contributed by atoms with Crippen molar-refractivity contribution < 1.29 is 19.1 Å². The van der Waals surface area contributed by atoms with Crippen LogP contribution >= 0.6 is 0 Å². The van der Waals surface area contributed by atoms with Crippen molar-refractivity contribution in [1.29, 1.82) is 0 Å². The van der Waals surface area contributed by atoms with E-state index in [2.05, 4.69) is 5.32 Å². The molecular formula is C16H23NO4. The highest BCUT2D eigenvalue weighted by molar-refractivity contribution is 5.85. The monoisotopic (exact) mass is 293 g/mol. The minimum absolute atomic E-state index is 0.150. The van der Waals surface area contributed by atoms with Gasteiger partial charge in [-0.15, -0.1) is 0 Å². The molecule has 0 unspecified atom stereocenters. The fourth-order valence-electron chi connectivity index (χ4n) is 1.47. The molecule has 0 heterocycles. The van der Waals surface area contributed by atoms with Crippen LogP contribution in [0.1, 0.15) is 40.2 Å². The highest BCUT2D eigenvalue weighted by atomic mass is 16.6. The first-order chi connectivity index (χ1) is 9.60. The number of benzene rings is 1. The van der Waals surface area contributed by atoms with E-state index < -0.39 is 23.2 Å². The van der Waals surface area contributed by atoms with Crippen molar-refractivity contribution in [2.24, 2.45) is 0 Å². The van der Waals surface area contributed by atoms with E-state index in [1.54, 1.807) is 34.6 Å². The van der Waals surface area contributed by atoms with Gasteiger partial charge in [0.25, 0.3) is 0 Å². The zero-order valence-corrected chi connectivity index (χ0v) is 13.2. The summed E-state index contributed by atoms with van der Waals surface area (Å²) < 4.78 is 10.3. The Morgan fingerprint density at radius 1 is 1.05 bits per heavy atom. The molecule has 0 bridgehead atoms. The number of carbonyl (C=O) groups is 2. The van der Waals surface area contributed by atoms with Crippen LogP contribution < -0.4 is 5.32 Å². The largest absolute Gasteiger partial charge is 0.458 e. The van der Waals surface area contributed by atoms with Crippen LogP contribution in [0.25, 0.3) is 0 Å². The third kappa shape index (κ3) is 6.29. The lowest BCUT2D eigenvalue weighted by Crippen LogP contribution is -2.52. The van der Waals surface area contributed by atoms with Crippen LogP contribution in [0.5, 0.6) is 0 Å². The molecule has 5 heteroatoms. The maximum Gasteiger partial charge on any atom is 0.408 e. The number of hydrogen-bond donors (Lipinski definition) is 1. The quantitative estimate of drug-likeness (QED) is 0.867. The molecular weight excluding hydrogens is 270 g/mol. The van der Waals surface area contributed by atoms with E-state index >= 15 is 0 Å². The summed E-state index contributed by atoms with van der Waals surface area (Å²) in [5.41, 5.74) is -0.881. The van der Waals surface area contributed by atoms with Gasteiger partial charge in [0.15, 0.2) is 0 Å². The summed E-state index contributed by atoms with van der Waals surface area (Å²) in [5.74, 6) is -0.508.